The molecule has 0 spiro atoms. The van der Waals surface area contributed by atoms with Crippen LogP contribution in [0.2, 0.25) is 10.0 Å². The van der Waals surface area contributed by atoms with Crippen molar-refractivity contribution in [1.29, 1.82) is 0 Å². The Balaban J connectivity index is 2.09. The Morgan fingerprint density at radius 1 is 1.44 bits per heavy atom. The second-order valence-corrected chi connectivity index (χ2v) is 5.55. The van der Waals surface area contributed by atoms with Crippen LogP contribution in [-0.2, 0) is 11.3 Å². The van der Waals surface area contributed by atoms with Crippen LogP contribution in [-0.4, -0.2) is 36.7 Å². The topological polar surface area (TPSA) is 38.5 Å². The van der Waals surface area contributed by atoms with Crippen LogP contribution in [0.1, 0.15) is 12.5 Å². The van der Waals surface area contributed by atoms with Crippen LogP contribution in [0.25, 0.3) is 0 Å². The van der Waals surface area contributed by atoms with E-state index in [9.17, 15) is 0 Å². The van der Waals surface area contributed by atoms with E-state index in [-0.39, 0.29) is 6.10 Å². The van der Waals surface area contributed by atoms with Crippen LogP contribution in [0, 0.1) is 0 Å². The van der Waals surface area contributed by atoms with Crippen molar-refractivity contribution in [3.05, 3.63) is 33.8 Å². The van der Waals surface area contributed by atoms with Crippen molar-refractivity contribution < 1.29 is 4.74 Å². The van der Waals surface area contributed by atoms with Crippen molar-refractivity contribution in [1.82, 2.24) is 4.90 Å². The van der Waals surface area contributed by atoms with E-state index in [0.717, 1.165) is 23.7 Å². The molecule has 2 atom stereocenters. The first-order chi connectivity index (χ1) is 8.60. The zero-order valence-electron chi connectivity index (χ0n) is 10.4. The van der Waals surface area contributed by atoms with Gasteiger partial charge >= 0.3 is 0 Å². The van der Waals surface area contributed by atoms with E-state index in [2.05, 4.69) is 11.8 Å². The summed E-state index contributed by atoms with van der Waals surface area (Å²) < 4.78 is 5.64. The van der Waals surface area contributed by atoms with E-state index in [4.69, 9.17) is 33.7 Å². The van der Waals surface area contributed by atoms with E-state index in [1.165, 1.54) is 0 Å². The van der Waals surface area contributed by atoms with Gasteiger partial charge in [-0.2, -0.15) is 0 Å². The third kappa shape index (κ3) is 3.37. The number of benzene rings is 1. The Kier molecular flexibility index (Phi) is 4.87. The van der Waals surface area contributed by atoms with Crippen molar-refractivity contribution in [2.75, 3.05) is 19.7 Å². The van der Waals surface area contributed by atoms with Gasteiger partial charge in [-0.3, -0.25) is 4.90 Å². The van der Waals surface area contributed by atoms with Crippen LogP contribution in [0.4, 0.5) is 0 Å². The average Bonchev–Trinajstić information content (AvgIpc) is 2.36. The Hall–Kier alpha value is -0.320. The van der Waals surface area contributed by atoms with Gasteiger partial charge in [0.25, 0.3) is 0 Å². The van der Waals surface area contributed by atoms with Crippen LogP contribution < -0.4 is 5.73 Å². The van der Waals surface area contributed by atoms with E-state index in [0.29, 0.717) is 24.2 Å². The number of hydrogen-bond acceptors (Lipinski definition) is 3. The maximum atomic E-state index is 6.19. The minimum atomic E-state index is 0.110. The number of nitrogens with zero attached hydrogens (tertiary/aromatic N) is 1. The number of nitrogens with two attached hydrogens (primary N) is 1. The van der Waals surface area contributed by atoms with Crippen molar-refractivity contribution in [3.8, 4) is 0 Å². The summed E-state index contributed by atoms with van der Waals surface area (Å²) in [5, 5.41) is 1.47. The summed E-state index contributed by atoms with van der Waals surface area (Å²) in [5.74, 6) is 0. The molecule has 0 radical (unpaired) electrons. The smallest absolute Gasteiger partial charge is 0.0824 e. The maximum absolute atomic E-state index is 6.19. The van der Waals surface area contributed by atoms with E-state index < -0.39 is 0 Å². The molecule has 0 amide bonds. The van der Waals surface area contributed by atoms with Gasteiger partial charge in [0.1, 0.15) is 0 Å². The molecule has 1 aliphatic heterocycles. The monoisotopic (exact) mass is 288 g/mol. The first-order valence-corrected chi connectivity index (χ1v) is 6.85. The largest absolute Gasteiger partial charge is 0.374 e. The molecule has 0 aliphatic carbocycles. The quantitative estimate of drug-likeness (QED) is 0.929. The van der Waals surface area contributed by atoms with Gasteiger partial charge in [0.05, 0.1) is 12.7 Å². The van der Waals surface area contributed by atoms with Crippen molar-refractivity contribution >= 4 is 23.2 Å². The first kappa shape index (κ1) is 14.1. The van der Waals surface area contributed by atoms with Crippen molar-refractivity contribution in [2.45, 2.75) is 25.6 Å². The fraction of sp³-hybridized carbons (Fsp3) is 0.538. The maximum Gasteiger partial charge on any atom is 0.0824 e. The normalized spacial score (nSPS) is 25.3. The molecule has 1 aromatic carbocycles. The molecule has 100 valence electrons. The molecular formula is C13H18Cl2N2O. The molecule has 18 heavy (non-hydrogen) atoms. The summed E-state index contributed by atoms with van der Waals surface area (Å²) in [6.07, 6.45) is 0.110. The van der Waals surface area contributed by atoms with E-state index in [1.807, 2.05) is 12.1 Å². The second-order valence-electron chi connectivity index (χ2n) is 4.71. The van der Waals surface area contributed by atoms with Gasteiger partial charge in [-0.1, -0.05) is 23.2 Å². The molecule has 0 bridgehead atoms. The first-order valence-electron chi connectivity index (χ1n) is 6.09. The highest BCUT2D eigenvalue weighted by Gasteiger charge is 2.25. The molecule has 2 N–H and O–H groups in total. The lowest BCUT2D eigenvalue weighted by Gasteiger charge is -2.37. The Morgan fingerprint density at radius 2 is 2.22 bits per heavy atom. The van der Waals surface area contributed by atoms with Crippen LogP contribution in [0.3, 0.4) is 0 Å². The van der Waals surface area contributed by atoms with E-state index in [1.54, 1.807) is 6.07 Å². The van der Waals surface area contributed by atoms with Crippen molar-refractivity contribution in [3.63, 3.8) is 0 Å². The minimum absolute atomic E-state index is 0.110. The molecule has 3 nitrogen and oxygen atoms in total. The highest BCUT2D eigenvalue weighted by molar-refractivity contribution is 6.33. The number of rotatable bonds is 3. The molecule has 1 aliphatic rings. The Bertz CT molecular complexity index is 414. The number of halogens is 2. The van der Waals surface area contributed by atoms with Gasteiger partial charge in [0.15, 0.2) is 0 Å². The van der Waals surface area contributed by atoms with Gasteiger partial charge in [-0.25, -0.2) is 0 Å². The standard InChI is InChI=1S/C13H18Cl2N2O/c1-9-8-18-12(5-16)7-17(9)6-10-4-11(14)2-3-13(10)15/h2-4,9,12H,5-8,16H2,1H3/t9-,12-/m0/s1. The highest BCUT2D eigenvalue weighted by Crippen LogP contribution is 2.24. The SMILES string of the molecule is C[C@H]1CO[C@@H](CN)CN1Cc1cc(Cl)ccc1Cl. The molecular weight excluding hydrogens is 271 g/mol. The Labute approximate surface area is 118 Å². The van der Waals surface area contributed by atoms with Gasteiger partial charge in [-0.15, -0.1) is 0 Å². The molecule has 0 saturated carbocycles. The summed E-state index contributed by atoms with van der Waals surface area (Å²) in [5.41, 5.74) is 6.71. The minimum Gasteiger partial charge on any atom is -0.374 e. The fourth-order valence-corrected chi connectivity index (χ4v) is 2.49. The highest BCUT2D eigenvalue weighted by atomic mass is 35.5. The predicted octanol–water partition coefficient (Wildman–Crippen LogP) is 2.54. The number of morpholine rings is 1. The lowest BCUT2D eigenvalue weighted by molar-refractivity contribution is -0.0567. The van der Waals surface area contributed by atoms with Crippen LogP contribution in [0.5, 0.6) is 0 Å². The molecule has 1 heterocycles. The third-order valence-corrected chi connectivity index (χ3v) is 3.88. The molecule has 0 unspecified atom stereocenters. The van der Waals surface area contributed by atoms with Gasteiger partial charge in [0, 0.05) is 35.7 Å². The Morgan fingerprint density at radius 3 is 2.94 bits per heavy atom. The van der Waals surface area contributed by atoms with Gasteiger partial charge in [0.2, 0.25) is 0 Å². The van der Waals surface area contributed by atoms with E-state index >= 15 is 0 Å². The lowest BCUT2D eigenvalue weighted by Crippen LogP contribution is -2.50. The summed E-state index contributed by atoms with van der Waals surface area (Å²) in [6.45, 7) is 5.01. The zero-order valence-corrected chi connectivity index (χ0v) is 11.9. The molecule has 2 rings (SSSR count). The lowest BCUT2D eigenvalue weighted by atomic mass is 10.1. The van der Waals surface area contributed by atoms with Crippen LogP contribution in [0.15, 0.2) is 18.2 Å². The number of hydrogen-bond donors (Lipinski definition) is 1. The molecule has 1 fully saturated rings. The van der Waals surface area contributed by atoms with Crippen molar-refractivity contribution in [2.24, 2.45) is 5.73 Å². The third-order valence-electron chi connectivity index (χ3n) is 3.28. The summed E-state index contributed by atoms with van der Waals surface area (Å²) in [4.78, 5) is 2.33. The average molecular weight is 289 g/mol. The van der Waals surface area contributed by atoms with Gasteiger partial charge < -0.3 is 10.5 Å². The molecule has 1 saturated heterocycles. The molecule has 0 aromatic heterocycles. The van der Waals surface area contributed by atoms with Gasteiger partial charge in [-0.05, 0) is 30.7 Å². The summed E-state index contributed by atoms with van der Waals surface area (Å²) in [6, 6.07) is 5.93. The predicted molar refractivity (Wildman–Crippen MR) is 75.1 cm³/mol. The second kappa shape index (κ2) is 6.22. The molecule has 5 heteroatoms. The van der Waals surface area contributed by atoms with Crippen LogP contribution >= 0.6 is 23.2 Å². The summed E-state index contributed by atoms with van der Waals surface area (Å²) >= 11 is 12.2. The number of ether oxygens (including phenoxy) is 1. The molecule has 1 aromatic rings. The fourth-order valence-electron chi connectivity index (χ4n) is 2.12. The zero-order chi connectivity index (χ0) is 13.1. The summed E-state index contributed by atoms with van der Waals surface area (Å²) in [7, 11) is 0.